The topological polar surface area (TPSA) is 80.9 Å². The highest BCUT2D eigenvalue weighted by Gasteiger charge is 2.24. The van der Waals surface area contributed by atoms with Crippen molar-refractivity contribution in [3.05, 3.63) is 29.3 Å². The standard InChI is InChI=1S/C12H13ClN4O2S/c1-20-7-6-10(12(18)19)17-11(14-15-16-17)8-2-4-9(13)5-3-8/h2-5,10H,6-7H2,1H3,(H,18,19). The van der Waals surface area contributed by atoms with E-state index in [1.165, 1.54) is 4.68 Å². The lowest BCUT2D eigenvalue weighted by molar-refractivity contribution is -0.141. The summed E-state index contributed by atoms with van der Waals surface area (Å²) in [6.45, 7) is 0. The van der Waals surface area contributed by atoms with Crippen LogP contribution in [0.1, 0.15) is 12.5 Å². The predicted octanol–water partition coefficient (Wildman–Crippen LogP) is 2.37. The first-order chi connectivity index (χ1) is 9.63. The van der Waals surface area contributed by atoms with Gasteiger partial charge in [-0.3, -0.25) is 0 Å². The van der Waals surface area contributed by atoms with Crippen LogP contribution >= 0.6 is 23.4 Å². The molecule has 2 rings (SSSR count). The number of rotatable bonds is 6. The predicted molar refractivity (Wildman–Crippen MR) is 77.9 cm³/mol. The number of halogens is 1. The van der Waals surface area contributed by atoms with Gasteiger partial charge in [0.15, 0.2) is 11.9 Å². The fraction of sp³-hybridized carbons (Fsp3) is 0.333. The Labute approximate surface area is 125 Å². The van der Waals surface area contributed by atoms with Crippen LogP contribution in [0.5, 0.6) is 0 Å². The van der Waals surface area contributed by atoms with Crippen molar-refractivity contribution < 1.29 is 9.90 Å². The van der Waals surface area contributed by atoms with Crippen molar-refractivity contribution in [3.63, 3.8) is 0 Å². The number of benzene rings is 1. The van der Waals surface area contributed by atoms with Crippen LogP contribution in [0.25, 0.3) is 11.4 Å². The smallest absolute Gasteiger partial charge is 0.328 e. The monoisotopic (exact) mass is 312 g/mol. The fourth-order valence-corrected chi connectivity index (χ4v) is 2.36. The number of carbonyl (C=O) groups is 1. The summed E-state index contributed by atoms with van der Waals surface area (Å²) in [7, 11) is 0. The summed E-state index contributed by atoms with van der Waals surface area (Å²) < 4.78 is 1.35. The second-order valence-corrected chi connectivity index (χ2v) is 5.51. The highest BCUT2D eigenvalue weighted by Crippen LogP contribution is 2.23. The molecule has 20 heavy (non-hydrogen) atoms. The van der Waals surface area contributed by atoms with Crippen molar-refractivity contribution in [1.82, 2.24) is 20.2 Å². The Morgan fingerprint density at radius 2 is 2.15 bits per heavy atom. The third-order valence-corrected chi connectivity index (χ3v) is 3.67. The van der Waals surface area contributed by atoms with E-state index in [1.807, 2.05) is 6.26 Å². The Balaban J connectivity index is 2.35. The van der Waals surface area contributed by atoms with Gasteiger partial charge in [0.05, 0.1) is 0 Å². The molecule has 0 spiro atoms. The third-order valence-electron chi connectivity index (χ3n) is 2.77. The number of hydrogen-bond acceptors (Lipinski definition) is 5. The van der Waals surface area contributed by atoms with Gasteiger partial charge in [-0.15, -0.1) is 5.10 Å². The maximum absolute atomic E-state index is 11.4. The Bertz CT molecular complexity index is 587. The summed E-state index contributed by atoms with van der Waals surface area (Å²) in [6, 6.07) is 6.18. The lowest BCUT2D eigenvalue weighted by atomic mass is 10.2. The summed E-state index contributed by atoms with van der Waals surface area (Å²) >= 11 is 7.42. The quantitative estimate of drug-likeness (QED) is 0.882. The van der Waals surface area contributed by atoms with Crippen molar-refractivity contribution in [1.29, 1.82) is 0 Å². The molecular formula is C12H13ClN4O2S. The first-order valence-electron chi connectivity index (χ1n) is 5.89. The molecule has 0 amide bonds. The van der Waals surface area contributed by atoms with E-state index in [4.69, 9.17) is 11.6 Å². The Kier molecular flexibility index (Phi) is 4.97. The van der Waals surface area contributed by atoms with Gasteiger partial charge in [0.25, 0.3) is 0 Å². The summed E-state index contributed by atoms with van der Waals surface area (Å²) in [5, 5.41) is 21.3. The molecule has 1 aromatic carbocycles. The number of tetrazole rings is 1. The average molecular weight is 313 g/mol. The molecular weight excluding hydrogens is 300 g/mol. The normalized spacial score (nSPS) is 12.3. The summed E-state index contributed by atoms with van der Waals surface area (Å²) in [6.07, 6.45) is 2.39. The number of carboxylic acids is 1. The van der Waals surface area contributed by atoms with Gasteiger partial charge in [-0.25, -0.2) is 9.48 Å². The Morgan fingerprint density at radius 1 is 1.45 bits per heavy atom. The largest absolute Gasteiger partial charge is 0.480 e. The number of aliphatic carboxylic acids is 1. The first-order valence-corrected chi connectivity index (χ1v) is 7.66. The fourth-order valence-electron chi connectivity index (χ4n) is 1.77. The first kappa shape index (κ1) is 14.8. The molecule has 2 aromatic rings. The highest BCUT2D eigenvalue weighted by atomic mass is 35.5. The van der Waals surface area contributed by atoms with Crippen LogP contribution in [0, 0.1) is 0 Å². The van der Waals surface area contributed by atoms with Gasteiger partial charge < -0.3 is 5.11 Å². The second kappa shape index (κ2) is 6.71. The van der Waals surface area contributed by atoms with Crippen molar-refractivity contribution in [2.75, 3.05) is 12.0 Å². The number of aromatic nitrogens is 4. The van der Waals surface area contributed by atoms with Crippen LogP contribution in [0.3, 0.4) is 0 Å². The molecule has 6 nitrogen and oxygen atoms in total. The van der Waals surface area contributed by atoms with Crippen LogP contribution in [0.4, 0.5) is 0 Å². The average Bonchev–Trinajstić information content (AvgIpc) is 2.89. The maximum Gasteiger partial charge on any atom is 0.328 e. The molecule has 0 aliphatic heterocycles. The van der Waals surface area contributed by atoms with Crippen LogP contribution in [0.15, 0.2) is 24.3 Å². The molecule has 8 heteroatoms. The minimum Gasteiger partial charge on any atom is -0.480 e. The van der Waals surface area contributed by atoms with Crippen LogP contribution in [0.2, 0.25) is 5.02 Å². The van der Waals surface area contributed by atoms with E-state index in [2.05, 4.69) is 15.5 Å². The van der Waals surface area contributed by atoms with Crippen LogP contribution in [-0.2, 0) is 4.79 Å². The minimum absolute atomic E-state index is 0.426. The SMILES string of the molecule is CSCCC(C(=O)O)n1nnnc1-c1ccc(Cl)cc1. The Hall–Kier alpha value is -1.60. The van der Waals surface area contributed by atoms with Crippen molar-refractivity contribution in [2.45, 2.75) is 12.5 Å². The Morgan fingerprint density at radius 3 is 2.75 bits per heavy atom. The van der Waals surface area contributed by atoms with Gasteiger partial charge in [0, 0.05) is 10.6 Å². The molecule has 0 saturated heterocycles. The van der Waals surface area contributed by atoms with Gasteiger partial charge in [-0.2, -0.15) is 11.8 Å². The van der Waals surface area contributed by atoms with Crippen LogP contribution in [-0.4, -0.2) is 43.3 Å². The summed E-state index contributed by atoms with van der Waals surface area (Å²) in [5.74, 6) is 0.202. The maximum atomic E-state index is 11.4. The summed E-state index contributed by atoms with van der Waals surface area (Å²) in [4.78, 5) is 11.4. The molecule has 1 heterocycles. The molecule has 0 saturated carbocycles. The molecule has 1 atom stereocenters. The molecule has 0 radical (unpaired) electrons. The number of carboxylic acid groups (broad SMARTS) is 1. The molecule has 0 fully saturated rings. The van der Waals surface area contributed by atoms with Crippen molar-refractivity contribution in [3.8, 4) is 11.4 Å². The summed E-state index contributed by atoms with van der Waals surface area (Å²) in [5.41, 5.74) is 0.731. The number of thioether (sulfide) groups is 1. The van der Waals surface area contributed by atoms with Gasteiger partial charge >= 0.3 is 5.97 Å². The van der Waals surface area contributed by atoms with E-state index < -0.39 is 12.0 Å². The van der Waals surface area contributed by atoms with E-state index in [0.717, 1.165) is 11.3 Å². The van der Waals surface area contributed by atoms with Gasteiger partial charge in [0.2, 0.25) is 0 Å². The third kappa shape index (κ3) is 3.29. The highest BCUT2D eigenvalue weighted by molar-refractivity contribution is 7.98. The number of nitrogens with zero attached hydrogens (tertiary/aromatic N) is 4. The minimum atomic E-state index is -0.943. The lowest BCUT2D eigenvalue weighted by Gasteiger charge is -2.13. The zero-order valence-corrected chi connectivity index (χ0v) is 12.3. The molecule has 1 unspecified atom stereocenters. The lowest BCUT2D eigenvalue weighted by Crippen LogP contribution is -2.22. The van der Waals surface area contributed by atoms with E-state index in [0.29, 0.717) is 17.3 Å². The molecule has 0 aliphatic carbocycles. The van der Waals surface area contributed by atoms with E-state index in [9.17, 15) is 9.90 Å². The molecule has 0 aliphatic rings. The number of hydrogen-bond donors (Lipinski definition) is 1. The van der Waals surface area contributed by atoms with Crippen molar-refractivity contribution >= 4 is 29.3 Å². The second-order valence-electron chi connectivity index (χ2n) is 4.09. The van der Waals surface area contributed by atoms with E-state index >= 15 is 0 Å². The molecule has 1 aromatic heterocycles. The molecule has 106 valence electrons. The zero-order chi connectivity index (χ0) is 14.5. The van der Waals surface area contributed by atoms with Gasteiger partial charge in [0.1, 0.15) is 0 Å². The van der Waals surface area contributed by atoms with Crippen LogP contribution < -0.4 is 0 Å². The van der Waals surface area contributed by atoms with Gasteiger partial charge in [-0.05, 0) is 53.1 Å². The molecule has 1 N–H and O–H groups in total. The molecule has 0 bridgehead atoms. The van der Waals surface area contributed by atoms with E-state index in [1.54, 1.807) is 36.0 Å². The zero-order valence-electron chi connectivity index (χ0n) is 10.7. The van der Waals surface area contributed by atoms with E-state index in [-0.39, 0.29) is 0 Å². The van der Waals surface area contributed by atoms with Crippen molar-refractivity contribution in [2.24, 2.45) is 0 Å². The van der Waals surface area contributed by atoms with Gasteiger partial charge in [-0.1, -0.05) is 11.6 Å².